The second-order valence-electron chi connectivity index (χ2n) is 10.3. The van der Waals surface area contributed by atoms with Gasteiger partial charge in [0.15, 0.2) is 0 Å². The number of hydrogen-bond donors (Lipinski definition) is 0. The van der Waals surface area contributed by atoms with Crippen LogP contribution in [0.4, 0.5) is 5.69 Å². The van der Waals surface area contributed by atoms with Gasteiger partial charge in [-0.15, -0.1) is 0 Å². The van der Waals surface area contributed by atoms with Gasteiger partial charge in [-0.05, 0) is 81.4 Å². The molecule has 2 atom stereocenters. The Labute approximate surface area is 161 Å². The molecule has 1 fully saturated rings. The second kappa shape index (κ2) is 6.29. The minimum absolute atomic E-state index is 0.163. The summed E-state index contributed by atoms with van der Waals surface area (Å²) >= 11 is 0. The highest BCUT2D eigenvalue weighted by Crippen LogP contribution is 2.56. The first kappa shape index (κ1) is 19.3. The minimum atomic E-state index is 0.163. The third-order valence-corrected chi connectivity index (χ3v) is 6.80. The number of benzene rings is 1. The van der Waals surface area contributed by atoms with Crippen LogP contribution in [0.25, 0.3) is 0 Å². The van der Waals surface area contributed by atoms with Crippen molar-refractivity contribution in [3.05, 3.63) is 53.1 Å². The van der Waals surface area contributed by atoms with Gasteiger partial charge in [-0.25, -0.2) is 0 Å². The average molecular weight is 352 g/mol. The summed E-state index contributed by atoms with van der Waals surface area (Å²) in [6.45, 7) is 19.7. The molecule has 142 valence electrons. The van der Waals surface area contributed by atoms with Crippen molar-refractivity contribution in [3.63, 3.8) is 0 Å². The molecule has 1 aliphatic carbocycles. The highest BCUT2D eigenvalue weighted by molar-refractivity contribution is 5.63. The van der Waals surface area contributed by atoms with Crippen LogP contribution in [-0.4, -0.2) is 12.1 Å². The van der Waals surface area contributed by atoms with E-state index in [-0.39, 0.29) is 11.0 Å². The lowest BCUT2D eigenvalue weighted by atomic mass is 9.75. The van der Waals surface area contributed by atoms with Crippen LogP contribution in [0.1, 0.15) is 79.4 Å². The van der Waals surface area contributed by atoms with E-state index >= 15 is 0 Å². The summed E-state index contributed by atoms with van der Waals surface area (Å²) in [4.78, 5) is 2.62. The molecule has 3 rings (SSSR count). The lowest BCUT2D eigenvalue weighted by Crippen LogP contribution is -2.47. The van der Waals surface area contributed by atoms with Gasteiger partial charge in [0.25, 0.3) is 0 Å². The largest absolute Gasteiger partial charge is 0.366 e. The van der Waals surface area contributed by atoms with Crippen molar-refractivity contribution >= 4 is 5.69 Å². The Bertz CT molecular complexity index is 744. The van der Waals surface area contributed by atoms with E-state index in [2.05, 4.69) is 96.7 Å². The van der Waals surface area contributed by atoms with Gasteiger partial charge in [-0.2, -0.15) is 0 Å². The number of fused-ring (bicyclic) bond motifs is 1. The van der Waals surface area contributed by atoms with E-state index in [0.29, 0.717) is 11.3 Å². The van der Waals surface area contributed by atoms with E-state index in [0.717, 1.165) is 6.54 Å². The fraction of sp³-hybridized carbons (Fsp3) is 0.600. The van der Waals surface area contributed by atoms with Gasteiger partial charge in [-0.1, -0.05) is 56.7 Å². The Morgan fingerprint density at radius 2 is 1.88 bits per heavy atom. The number of allylic oxidation sites excluding steroid dienone is 4. The van der Waals surface area contributed by atoms with Gasteiger partial charge >= 0.3 is 0 Å². The Morgan fingerprint density at radius 1 is 1.19 bits per heavy atom. The standard InChI is InChI=1S/C25H37N/c1-9-18(2)10-11-20-17-25(20,8)19-12-13-21-22(16-19)26(23(3,4)5)15-14-24(21,6)7/h9-13,16,20H,14-15,17H2,1-8H3/b11-10+,18-9+/t20-,25-/m1/s1. The van der Waals surface area contributed by atoms with Gasteiger partial charge in [0, 0.05) is 17.8 Å². The first-order chi connectivity index (χ1) is 12.0. The molecule has 26 heavy (non-hydrogen) atoms. The predicted octanol–water partition coefficient (Wildman–Crippen LogP) is 6.77. The molecular weight excluding hydrogens is 314 g/mol. The second-order valence-corrected chi connectivity index (χ2v) is 10.3. The molecule has 1 saturated carbocycles. The van der Waals surface area contributed by atoms with Crippen LogP contribution in [0.3, 0.4) is 0 Å². The van der Waals surface area contributed by atoms with Crippen LogP contribution in [0.2, 0.25) is 0 Å². The van der Waals surface area contributed by atoms with Crippen LogP contribution in [-0.2, 0) is 10.8 Å². The quantitative estimate of drug-likeness (QED) is 0.543. The zero-order valence-corrected chi connectivity index (χ0v) is 18.1. The molecule has 1 heterocycles. The van der Waals surface area contributed by atoms with Gasteiger partial charge in [0.05, 0.1) is 0 Å². The van der Waals surface area contributed by atoms with Gasteiger partial charge in [0.1, 0.15) is 0 Å². The molecule has 0 spiro atoms. The molecule has 2 aliphatic rings. The maximum Gasteiger partial charge on any atom is 0.0411 e. The predicted molar refractivity (Wildman–Crippen MR) is 115 cm³/mol. The van der Waals surface area contributed by atoms with Crippen molar-refractivity contribution in [1.29, 1.82) is 0 Å². The highest BCUT2D eigenvalue weighted by atomic mass is 15.2. The molecular formula is C25H37N. The van der Waals surface area contributed by atoms with Gasteiger partial charge < -0.3 is 4.90 Å². The average Bonchev–Trinajstić information content (AvgIpc) is 3.22. The molecule has 1 aliphatic heterocycles. The zero-order valence-electron chi connectivity index (χ0n) is 18.1. The SMILES string of the molecule is C/C=C(C)/C=C/[C@@H]1C[C@]1(C)c1ccc2c(c1)N(C(C)(C)C)CCC2(C)C. The molecule has 1 heteroatoms. The molecule has 1 nitrogen and oxygen atoms in total. The first-order valence-corrected chi connectivity index (χ1v) is 10.2. The molecule has 0 amide bonds. The van der Waals surface area contributed by atoms with E-state index in [1.165, 1.54) is 35.2 Å². The molecule has 0 radical (unpaired) electrons. The topological polar surface area (TPSA) is 3.24 Å². The van der Waals surface area contributed by atoms with Crippen LogP contribution in [0.5, 0.6) is 0 Å². The third-order valence-electron chi connectivity index (χ3n) is 6.80. The first-order valence-electron chi connectivity index (χ1n) is 10.2. The highest BCUT2D eigenvalue weighted by Gasteiger charge is 2.50. The van der Waals surface area contributed by atoms with E-state index < -0.39 is 0 Å². The Kier molecular flexibility index (Phi) is 4.66. The minimum Gasteiger partial charge on any atom is -0.366 e. The lowest BCUT2D eigenvalue weighted by molar-refractivity contribution is 0.401. The summed E-state index contributed by atoms with van der Waals surface area (Å²) < 4.78 is 0. The summed E-state index contributed by atoms with van der Waals surface area (Å²) in [5, 5.41) is 0. The maximum absolute atomic E-state index is 2.62. The molecule has 0 N–H and O–H groups in total. The Hall–Kier alpha value is -1.50. The van der Waals surface area contributed by atoms with E-state index in [1.807, 2.05) is 0 Å². The molecule has 0 saturated heterocycles. The zero-order chi connectivity index (χ0) is 19.3. The lowest BCUT2D eigenvalue weighted by Gasteiger charge is -2.47. The third kappa shape index (κ3) is 3.38. The molecule has 0 unspecified atom stereocenters. The van der Waals surface area contributed by atoms with Crippen molar-refractivity contribution in [1.82, 2.24) is 0 Å². The summed E-state index contributed by atoms with van der Waals surface area (Å²) in [7, 11) is 0. The Balaban J connectivity index is 1.96. The molecule has 1 aromatic rings. The fourth-order valence-corrected chi connectivity index (χ4v) is 4.40. The summed E-state index contributed by atoms with van der Waals surface area (Å²) in [5.74, 6) is 0.662. The monoisotopic (exact) mass is 351 g/mol. The van der Waals surface area contributed by atoms with Crippen LogP contribution in [0.15, 0.2) is 42.0 Å². The van der Waals surface area contributed by atoms with Gasteiger partial charge in [-0.3, -0.25) is 0 Å². The Morgan fingerprint density at radius 3 is 2.50 bits per heavy atom. The van der Waals surface area contributed by atoms with Crippen molar-refractivity contribution in [2.24, 2.45) is 5.92 Å². The maximum atomic E-state index is 2.62. The summed E-state index contributed by atoms with van der Waals surface area (Å²) in [6.07, 6.45) is 9.37. The van der Waals surface area contributed by atoms with Crippen LogP contribution >= 0.6 is 0 Å². The van der Waals surface area contributed by atoms with E-state index in [1.54, 1.807) is 0 Å². The molecule has 1 aromatic carbocycles. The molecule has 0 aromatic heterocycles. The summed E-state index contributed by atoms with van der Waals surface area (Å²) in [6, 6.07) is 7.34. The smallest absolute Gasteiger partial charge is 0.0411 e. The normalized spacial score (nSPS) is 28.4. The number of hydrogen-bond acceptors (Lipinski definition) is 1. The van der Waals surface area contributed by atoms with Gasteiger partial charge in [0.2, 0.25) is 0 Å². The molecule has 0 bridgehead atoms. The fourth-order valence-electron chi connectivity index (χ4n) is 4.40. The van der Waals surface area contributed by atoms with Crippen LogP contribution < -0.4 is 4.90 Å². The van der Waals surface area contributed by atoms with Crippen molar-refractivity contribution in [2.45, 2.75) is 84.6 Å². The van der Waals surface area contributed by atoms with Crippen molar-refractivity contribution in [2.75, 3.05) is 11.4 Å². The van der Waals surface area contributed by atoms with E-state index in [9.17, 15) is 0 Å². The number of nitrogens with zero attached hydrogens (tertiary/aromatic N) is 1. The van der Waals surface area contributed by atoms with E-state index in [4.69, 9.17) is 0 Å². The number of anilines is 1. The van der Waals surface area contributed by atoms with Crippen molar-refractivity contribution < 1.29 is 0 Å². The number of rotatable bonds is 3. The van der Waals surface area contributed by atoms with Crippen LogP contribution in [0, 0.1) is 5.92 Å². The van der Waals surface area contributed by atoms with Crippen molar-refractivity contribution in [3.8, 4) is 0 Å². The summed E-state index contributed by atoms with van der Waals surface area (Å²) in [5.41, 5.74) is 6.57.